The Morgan fingerprint density at radius 1 is 1.20 bits per heavy atom. The summed E-state index contributed by atoms with van der Waals surface area (Å²) in [6.07, 6.45) is 5.42. The van der Waals surface area contributed by atoms with Gasteiger partial charge in [0.15, 0.2) is 0 Å². The minimum atomic E-state index is 0.334. The van der Waals surface area contributed by atoms with Gasteiger partial charge in [-0.15, -0.1) is 0 Å². The van der Waals surface area contributed by atoms with Gasteiger partial charge in [0.25, 0.3) is 0 Å². The molecule has 4 rings (SSSR count). The highest BCUT2D eigenvalue weighted by Gasteiger charge is 2.42. The molecule has 136 valence electrons. The van der Waals surface area contributed by atoms with Gasteiger partial charge in [0, 0.05) is 57.9 Å². The van der Waals surface area contributed by atoms with E-state index in [0.29, 0.717) is 23.7 Å². The lowest BCUT2D eigenvalue weighted by molar-refractivity contribution is -0.134. The second-order valence-corrected chi connectivity index (χ2v) is 8.09. The van der Waals surface area contributed by atoms with Gasteiger partial charge in [-0.05, 0) is 43.2 Å². The fourth-order valence-corrected chi connectivity index (χ4v) is 4.38. The molecular weight excluding hydrogens is 312 g/mol. The van der Waals surface area contributed by atoms with Gasteiger partial charge in [0.05, 0.1) is 0 Å². The van der Waals surface area contributed by atoms with Gasteiger partial charge in [-0.1, -0.05) is 13.0 Å². The lowest BCUT2D eigenvalue weighted by Gasteiger charge is -2.39. The van der Waals surface area contributed by atoms with Gasteiger partial charge in [0.2, 0.25) is 5.91 Å². The van der Waals surface area contributed by atoms with Crippen LogP contribution in [0.4, 0.5) is 5.82 Å². The standard InChI is InChI=1S/C20H30N4O/c1-16-13-18(16)20(25)24-8-4-5-17(15-24)14-22-9-11-23(12-10-22)19-6-2-3-7-21-19/h2-3,6-7,16-18H,4-5,8-15H2,1H3/t16-,17+,18-/m1/s1. The summed E-state index contributed by atoms with van der Waals surface area (Å²) in [6, 6.07) is 6.13. The van der Waals surface area contributed by atoms with Gasteiger partial charge in [0.1, 0.15) is 5.82 Å². The molecule has 3 heterocycles. The number of piperidine rings is 1. The minimum Gasteiger partial charge on any atom is -0.354 e. The van der Waals surface area contributed by atoms with Crippen LogP contribution in [0.25, 0.3) is 0 Å². The van der Waals surface area contributed by atoms with E-state index in [2.05, 4.69) is 38.7 Å². The molecule has 2 saturated heterocycles. The quantitative estimate of drug-likeness (QED) is 0.840. The third-order valence-electron chi connectivity index (χ3n) is 6.12. The number of hydrogen-bond acceptors (Lipinski definition) is 4. The molecule has 5 nitrogen and oxygen atoms in total. The van der Waals surface area contributed by atoms with Crippen molar-refractivity contribution in [1.29, 1.82) is 0 Å². The van der Waals surface area contributed by atoms with E-state index in [4.69, 9.17) is 0 Å². The smallest absolute Gasteiger partial charge is 0.225 e. The summed E-state index contributed by atoms with van der Waals surface area (Å²) in [6.45, 7) is 9.58. The molecule has 0 spiro atoms. The molecule has 0 aromatic carbocycles. The summed E-state index contributed by atoms with van der Waals surface area (Å²) in [5, 5.41) is 0. The molecule has 2 aliphatic heterocycles. The summed E-state index contributed by atoms with van der Waals surface area (Å²) in [4.78, 5) is 24.1. The van der Waals surface area contributed by atoms with Crippen LogP contribution in [0.5, 0.6) is 0 Å². The molecule has 1 aromatic rings. The van der Waals surface area contributed by atoms with Crippen LogP contribution in [0.2, 0.25) is 0 Å². The molecule has 0 N–H and O–H groups in total. The number of amides is 1. The highest BCUT2D eigenvalue weighted by molar-refractivity contribution is 5.81. The number of rotatable bonds is 4. The van der Waals surface area contributed by atoms with Crippen molar-refractivity contribution in [1.82, 2.24) is 14.8 Å². The van der Waals surface area contributed by atoms with Crippen LogP contribution in [-0.4, -0.2) is 66.5 Å². The second-order valence-electron chi connectivity index (χ2n) is 8.09. The molecule has 1 aliphatic carbocycles. The number of hydrogen-bond donors (Lipinski definition) is 0. The first-order valence-electron chi connectivity index (χ1n) is 9.88. The molecule has 1 aromatic heterocycles. The van der Waals surface area contributed by atoms with Gasteiger partial charge in [-0.3, -0.25) is 9.69 Å². The van der Waals surface area contributed by atoms with E-state index in [-0.39, 0.29) is 0 Å². The highest BCUT2D eigenvalue weighted by atomic mass is 16.2. The lowest BCUT2D eigenvalue weighted by Crippen LogP contribution is -2.50. The molecule has 1 saturated carbocycles. The molecule has 0 radical (unpaired) electrons. The molecule has 0 unspecified atom stereocenters. The second kappa shape index (κ2) is 7.32. The zero-order valence-corrected chi connectivity index (χ0v) is 15.3. The summed E-state index contributed by atoms with van der Waals surface area (Å²) in [5.41, 5.74) is 0. The Morgan fingerprint density at radius 2 is 2.00 bits per heavy atom. The van der Waals surface area contributed by atoms with Crippen molar-refractivity contribution in [3.63, 3.8) is 0 Å². The van der Waals surface area contributed by atoms with Crippen molar-refractivity contribution in [2.45, 2.75) is 26.2 Å². The topological polar surface area (TPSA) is 39.7 Å². The van der Waals surface area contributed by atoms with E-state index in [1.165, 1.54) is 12.8 Å². The van der Waals surface area contributed by atoms with E-state index in [0.717, 1.165) is 58.1 Å². The van der Waals surface area contributed by atoms with Crippen molar-refractivity contribution in [3.05, 3.63) is 24.4 Å². The fraction of sp³-hybridized carbons (Fsp3) is 0.700. The summed E-state index contributed by atoms with van der Waals surface area (Å²) in [7, 11) is 0. The van der Waals surface area contributed by atoms with Gasteiger partial charge in [-0.25, -0.2) is 4.98 Å². The SMILES string of the molecule is C[C@@H]1C[C@H]1C(=O)N1CCC[C@@H](CN2CCN(c3ccccn3)CC2)C1. The van der Waals surface area contributed by atoms with E-state index in [1.54, 1.807) is 0 Å². The Balaban J connectivity index is 1.25. The van der Waals surface area contributed by atoms with Crippen molar-refractivity contribution in [2.24, 2.45) is 17.8 Å². The average Bonchev–Trinajstić information content (AvgIpc) is 3.39. The van der Waals surface area contributed by atoms with Gasteiger partial charge >= 0.3 is 0 Å². The number of piperazine rings is 1. The van der Waals surface area contributed by atoms with Crippen LogP contribution < -0.4 is 4.90 Å². The van der Waals surface area contributed by atoms with Crippen molar-refractivity contribution in [2.75, 3.05) is 50.7 Å². The largest absolute Gasteiger partial charge is 0.354 e. The van der Waals surface area contributed by atoms with Crippen LogP contribution >= 0.6 is 0 Å². The lowest BCUT2D eigenvalue weighted by atomic mass is 9.96. The van der Waals surface area contributed by atoms with Crippen LogP contribution in [0.15, 0.2) is 24.4 Å². The van der Waals surface area contributed by atoms with E-state index < -0.39 is 0 Å². The molecule has 25 heavy (non-hydrogen) atoms. The summed E-state index contributed by atoms with van der Waals surface area (Å²) in [5.74, 6) is 3.12. The maximum Gasteiger partial charge on any atom is 0.225 e. The van der Waals surface area contributed by atoms with Crippen molar-refractivity contribution >= 4 is 11.7 Å². The molecule has 3 fully saturated rings. The van der Waals surface area contributed by atoms with Gasteiger partial charge < -0.3 is 9.80 Å². The Bertz CT molecular complexity index is 585. The van der Waals surface area contributed by atoms with Gasteiger partial charge in [-0.2, -0.15) is 0 Å². The molecule has 3 aliphatic rings. The first-order chi connectivity index (χ1) is 12.2. The molecule has 0 bridgehead atoms. The Kier molecular flexibility index (Phi) is 4.93. The zero-order chi connectivity index (χ0) is 17.2. The number of carbonyl (C=O) groups excluding carboxylic acids is 1. The maximum atomic E-state index is 12.5. The van der Waals surface area contributed by atoms with E-state index >= 15 is 0 Å². The minimum absolute atomic E-state index is 0.334. The monoisotopic (exact) mass is 342 g/mol. The third-order valence-corrected chi connectivity index (χ3v) is 6.12. The molecule has 3 atom stereocenters. The van der Waals surface area contributed by atoms with Crippen LogP contribution in [0, 0.1) is 17.8 Å². The predicted octanol–water partition coefficient (Wildman–Crippen LogP) is 2.10. The molecule has 5 heteroatoms. The first kappa shape index (κ1) is 16.8. The number of aromatic nitrogens is 1. The van der Waals surface area contributed by atoms with Crippen LogP contribution in [0.1, 0.15) is 26.2 Å². The van der Waals surface area contributed by atoms with Crippen molar-refractivity contribution < 1.29 is 4.79 Å². The normalized spacial score (nSPS) is 30.4. The Morgan fingerprint density at radius 3 is 2.68 bits per heavy atom. The average molecular weight is 342 g/mol. The Labute approximate surface area is 151 Å². The summed E-state index contributed by atoms with van der Waals surface area (Å²) >= 11 is 0. The Hall–Kier alpha value is -1.62. The van der Waals surface area contributed by atoms with Crippen LogP contribution in [0.3, 0.4) is 0 Å². The zero-order valence-electron chi connectivity index (χ0n) is 15.3. The van der Waals surface area contributed by atoms with Crippen molar-refractivity contribution in [3.8, 4) is 0 Å². The van der Waals surface area contributed by atoms with E-state index in [1.807, 2.05) is 12.3 Å². The highest BCUT2D eigenvalue weighted by Crippen LogP contribution is 2.39. The number of pyridine rings is 1. The first-order valence-corrected chi connectivity index (χ1v) is 9.88. The predicted molar refractivity (Wildman–Crippen MR) is 99.5 cm³/mol. The number of nitrogens with zero attached hydrogens (tertiary/aromatic N) is 4. The number of likely N-dealkylation sites (tertiary alicyclic amines) is 1. The third kappa shape index (κ3) is 3.97. The fourth-order valence-electron chi connectivity index (χ4n) is 4.38. The van der Waals surface area contributed by atoms with Crippen LogP contribution in [-0.2, 0) is 4.79 Å². The molecular formula is C20H30N4O. The molecule has 1 amide bonds. The summed E-state index contributed by atoms with van der Waals surface area (Å²) < 4.78 is 0. The number of anilines is 1. The maximum absolute atomic E-state index is 12.5. The van der Waals surface area contributed by atoms with E-state index in [9.17, 15) is 4.79 Å². The number of carbonyl (C=O) groups is 1.